The number of amides is 1. The van der Waals surface area contributed by atoms with Gasteiger partial charge in [-0.2, -0.15) is 0 Å². The van der Waals surface area contributed by atoms with E-state index in [2.05, 4.69) is 33.0 Å². The van der Waals surface area contributed by atoms with Crippen molar-refractivity contribution in [3.8, 4) is 0 Å². The Balaban J connectivity index is 1.46. The van der Waals surface area contributed by atoms with Crippen molar-refractivity contribution in [1.82, 2.24) is 10.2 Å². The van der Waals surface area contributed by atoms with Crippen molar-refractivity contribution < 1.29 is 4.79 Å². The molecule has 0 bridgehead atoms. The fourth-order valence-electron chi connectivity index (χ4n) is 2.34. The molecule has 0 aliphatic carbocycles. The maximum Gasteiger partial charge on any atom is 0.234 e. The van der Waals surface area contributed by atoms with E-state index in [0.717, 1.165) is 16.3 Å². The van der Waals surface area contributed by atoms with E-state index in [1.165, 1.54) is 17.3 Å². The Kier molecular flexibility index (Phi) is 6.22. The number of thioether (sulfide) groups is 1. The molecular formula is C20H20N4OS. The van der Waals surface area contributed by atoms with Gasteiger partial charge in [0.05, 0.1) is 5.75 Å². The molecule has 0 saturated carbocycles. The number of anilines is 2. The first kappa shape index (κ1) is 17.9. The first-order chi connectivity index (χ1) is 12.7. The van der Waals surface area contributed by atoms with Crippen LogP contribution in [0, 0.1) is 6.92 Å². The lowest BCUT2D eigenvalue weighted by atomic mass is 10.2. The van der Waals surface area contributed by atoms with Crippen LogP contribution in [-0.2, 0) is 11.3 Å². The Labute approximate surface area is 157 Å². The maximum absolute atomic E-state index is 12.0. The largest absolute Gasteiger partial charge is 0.365 e. The molecule has 6 heteroatoms. The van der Waals surface area contributed by atoms with E-state index in [4.69, 9.17) is 0 Å². The summed E-state index contributed by atoms with van der Waals surface area (Å²) in [5.74, 6) is 0.940. The standard InChI is InChI=1S/C20H20N4OS/c1-15-6-5-9-17(12-15)22-19(25)14-26-20-11-10-18(23-24-20)21-13-16-7-3-2-4-8-16/h2-12H,13-14H2,1H3,(H,21,23)(H,22,25). The molecular weight excluding hydrogens is 344 g/mol. The zero-order chi connectivity index (χ0) is 18.2. The Morgan fingerprint density at radius 2 is 1.85 bits per heavy atom. The van der Waals surface area contributed by atoms with Crippen molar-refractivity contribution >= 4 is 29.2 Å². The summed E-state index contributed by atoms with van der Waals surface area (Å²) in [6.45, 7) is 2.69. The second-order valence-electron chi connectivity index (χ2n) is 5.80. The Bertz CT molecular complexity index is 853. The van der Waals surface area contributed by atoms with Gasteiger partial charge in [-0.1, -0.05) is 54.2 Å². The molecule has 1 amide bonds. The third-order valence-corrected chi connectivity index (χ3v) is 4.53. The second-order valence-corrected chi connectivity index (χ2v) is 6.80. The third kappa shape index (κ3) is 5.60. The van der Waals surface area contributed by atoms with Crippen LogP contribution in [0.2, 0.25) is 0 Å². The number of nitrogens with zero attached hydrogens (tertiary/aromatic N) is 2. The number of rotatable bonds is 7. The van der Waals surface area contributed by atoms with Crippen LogP contribution in [0.15, 0.2) is 71.8 Å². The van der Waals surface area contributed by atoms with Crippen molar-refractivity contribution in [3.63, 3.8) is 0 Å². The Morgan fingerprint density at radius 1 is 1.00 bits per heavy atom. The average Bonchev–Trinajstić information content (AvgIpc) is 2.66. The van der Waals surface area contributed by atoms with E-state index >= 15 is 0 Å². The van der Waals surface area contributed by atoms with Crippen molar-refractivity contribution in [2.24, 2.45) is 0 Å². The number of hydrogen-bond acceptors (Lipinski definition) is 5. The molecule has 0 saturated heterocycles. The van der Waals surface area contributed by atoms with Gasteiger partial charge in [-0.3, -0.25) is 4.79 Å². The van der Waals surface area contributed by atoms with Gasteiger partial charge < -0.3 is 10.6 Å². The van der Waals surface area contributed by atoms with Crippen LogP contribution < -0.4 is 10.6 Å². The predicted molar refractivity (Wildman–Crippen MR) is 106 cm³/mol. The summed E-state index contributed by atoms with van der Waals surface area (Å²) >= 11 is 1.36. The zero-order valence-electron chi connectivity index (χ0n) is 14.5. The first-order valence-corrected chi connectivity index (χ1v) is 9.28. The van der Waals surface area contributed by atoms with Crippen molar-refractivity contribution in [2.45, 2.75) is 18.5 Å². The van der Waals surface area contributed by atoms with Gasteiger partial charge in [0.25, 0.3) is 0 Å². The van der Waals surface area contributed by atoms with Crippen LogP contribution in [0.5, 0.6) is 0 Å². The summed E-state index contributed by atoms with van der Waals surface area (Å²) < 4.78 is 0. The summed E-state index contributed by atoms with van der Waals surface area (Å²) in [7, 11) is 0. The van der Waals surface area contributed by atoms with E-state index in [-0.39, 0.29) is 5.91 Å². The summed E-state index contributed by atoms with van der Waals surface area (Å²) in [6, 6.07) is 21.6. The first-order valence-electron chi connectivity index (χ1n) is 8.30. The van der Waals surface area contributed by atoms with Gasteiger partial charge in [-0.25, -0.2) is 0 Å². The smallest absolute Gasteiger partial charge is 0.234 e. The van der Waals surface area contributed by atoms with Gasteiger partial charge in [0.2, 0.25) is 5.91 Å². The van der Waals surface area contributed by atoms with Gasteiger partial charge >= 0.3 is 0 Å². The number of carbonyl (C=O) groups is 1. The Hall–Kier alpha value is -2.86. The monoisotopic (exact) mass is 364 g/mol. The van der Waals surface area contributed by atoms with Crippen molar-refractivity contribution in [1.29, 1.82) is 0 Å². The highest BCUT2D eigenvalue weighted by molar-refractivity contribution is 7.99. The van der Waals surface area contributed by atoms with E-state index < -0.39 is 0 Å². The predicted octanol–water partition coefficient (Wildman–Crippen LogP) is 4.13. The molecule has 0 radical (unpaired) electrons. The lowest BCUT2D eigenvalue weighted by Crippen LogP contribution is -2.14. The molecule has 3 rings (SSSR count). The van der Waals surface area contributed by atoms with Gasteiger partial charge in [0, 0.05) is 12.2 Å². The molecule has 26 heavy (non-hydrogen) atoms. The molecule has 5 nitrogen and oxygen atoms in total. The quantitative estimate of drug-likeness (QED) is 0.617. The molecule has 0 spiro atoms. The van der Waals surface area contributed by atoms with Gasteiger partial charge in [-0.15, -0.1) is 10.2 Å². The molecule has 0 fully saturated rings. The maximum atomic E-state index is 12.0. The molecule has 1 aromatic heterocycles. The molecule has 1 heterocycles. The van der Waals surface area contributed by atoms with Crippen molar-refractivity contribution in [2.75, 3.05) is 16.4 Å². The topological polar surface area (TPSA) is 66.9 Å². The molecule has 2 aromatic carbocycles. The zero-order valence-corrected chi connectivity index (χ0v) is 15.3. The summed E-state index contributed by atoms with van der Waals surface area (Å²) in [4.78, 5) is 12.0. The van der Waals surface area contributed by atoms with Crippen molar-refractivity contribution in [3.05, 3.63) is 77.9 Å². The van der Waals surface area contributed by atoms with Crippen LogP contribution in [-0.4, -0.2) is 21.9 Å². The second kappa shape index (κ2) is 9.01. The third-order valence-electron chi connectivity index (χ3n) is 3.61. The minimum absolute atomic E-state index is 0.0614. The molecule has 0 aliphatic rings. The highest BCUT2D eigenvalue weighted by Gasteiger charge is 2.05. The van der Waals surface area contributed by atoms with Crippen LogP contribution in [0.1, 0.15) is 11.1 Å². The lowest BCUT2D eigenvalue weighted by Gasteiger charge is -2.07. The number of aryl methyl sites for hydroxylation is 1. The minimum atomic E-state index is -0.0614. The van der Waals surface area contributed by atoms with Crippen LogP contribution in [0.25, 0.3) is 0 Å². The number of hydrogen-bond donors (Lipinski definition) is 2. The lowest BCUT2D eigenvalue weighted by molar-refractivity contribution is -0.113. The van der Waals surface area contributed by atoms with Gasteiger partial charge in [-0.05, 0) is 42.3 Å². The van der Waals surface area contributed by atoms with E-state index in [0.29, 0.717) is 18.1 Å². The summed E-state index contributed by atoms with van der Waals surface area (Å²) in [5.41, 5.74) is 3.10. The summed E-state index contributed by atoms with van der Waals surface area (Å²) in [6.07, 6.45) is 0. The molecule has 2 N–H and O–H groups in total. The number of carbonyl (C=O) groups excluding carboxylic acids is 1. The average molecular weight is 364 g/mol. The highest BCUT2D eigenvalue weighted by atomic mass is 32.2. The molecule has 3 aromatic rings. The van der Waals surface area contributed by atoms with Gasteiger partial charge in [0.15, 0.2) is 0 Å². The molecule has 0 aliphatic heterocycles. The van der Waals surface area contributed by atoms with E-state index in [1.54, 1.807) is 0 Å². The normalized spacial score (nSPS) is 10.3. The van der Waals surface area contributed by atoms with Crippen LogP contribution in [0.3, 0.4) is 0 Å². The number of benzene rings is 2. The summed E-state index contributed by atoms with van der Waals surface area (Å²) in [5, 5.41) is 15.1. The number of nitrogens with one attached hydrogen (secondary N) is 2. The fraction of sp³-hybridized carbons (Fsp3) is 0.150. The molecule has 0 unspecified atom stereocenters. The molecule has 0 atom stereocenters. The van der Waals surface area contributed by atoms with E-state index in [1.807, 2.05) is 61.5 Å². The van der Waals surface area contributed by atoms with E-state index in [9.17, 15) is 4.79 Å². The molecule has 132 valence electrons. The fourth-order valence-corrected chi connectivity index (χ4v) is 2.95. The van der Waals surface area contributed by atoms with Crippen LogP contribution in [0.4, 0.5) is 11.5 Å². The highest BCUT2D eigenvalue weighted by Crippen LogP contribution is 2.17. The van der Waals surface area contributed by atoms with Crippen LogP contribution >= 0.6 is 11.8 Å². The Morgan fingerprint density at radius 3 is 2.58 bits per heavy atom. The SMILES string of the molecule is Cc1cccc(NC(=O)CSc2ccc(NCc3ccccc3)nn2)c1. The minimum Gasteiger partial charge on any atom is -0.365 e. The van der Waals surface area contributed by atoms with Gasteiger partial charge in [0.1, 0.15) is 10.8 Å². The number of aromatic nitrogens is 2.